The summed E-state index contributed by atoms with van der Waals surface area (Å²) in [5, 5.41) is 6.56. The standard InChI is InChI=1S/C17H24N4O4S/c1-5-25-16-8-6-15(7-9-16)21(14(4)22)11-10-18-26(23,24)17-12(2)19-20-13(17)3/h6-9,18H,5,10-11H2,1-4H3,(H,19,20). The molecule has 0 aliphatic rings. The van der Waals surface area contributed by atoms with Gasteiger partial charge in [0.25, 0.3) is 0 Å². The molecule has 1 aromatic heterocycles. The van der Waals surface area contributed by atoms with Crippen molar-refractivity contribution in [3.05, 3.63) is 35.7 Å². The second-order valence-electron chi connectivity index (χ2n) is 5.76. The van der Waals surface area contributed by atoms with E-state index in [1.165, 1.54) is 11.8 Å². The van der Waals surface area contributed by atoms with E-state index in [0.717, 1.165) is 0 Å². The Balaban J connectivity index is 2.06. The summed E-state index contributed by atoms with van der Waals surface area (Å²) in [5.74, 6) is 0.537. The predicted octanol–water partition coefficient (Wildman–Crippen LogP) is 1.76. The molecule has 0 radical (unpaired) electrons. The van der Waals surface area contributed by atoms with Crippen molar-refractivity contribution in [2.75, 3.05) is 24.6 Å². The van der Waals surface area contributed by atoms with Gasteiger partial charge in [0.05, 0.1) is 18.0 Å². The first-order valence-electron chi connectivity index (χ1n) is 8.28. The molecular weight excluding hydrogens is 356 g/mol. The van der Waals surface area contributed by atoms with Crippen molar-refractivity contribution in [1.82, 2.24) is 14.9 Å². The predicted molar refractivity (Wildman–Crippen MR) is 98.9 cm³/mol. The van der Waals surface area contributed by atoms with Crippen molar-refractivity contribution >= 4 is 21.6 Å². The van der Waals surface area contributed by atoms with Crippen LogP contribution in [0.15, 0.2) is 29.2 Å². The molecule has 0 aliphatic carbocycles. The first-order valence-corrected chi connectivity index (χ1v) is 9.76. The number of H-pyrrole nitrogens is 1. The lowest BCUT2D eigenvalue weighted by molar-refractivity contribution is -0.116. The number of aromatic amines is 1. The van der Waals surface area contributed by atoms with Crippen LogP contribution in [0.1, 0.15) is 25.2 Å². The van der Waals surface area contributed by atoms with Gasteiger partial charge < -0.3 is 9.64 Å². The molecule has 1 amide bonds. The molecule has 0 saturated heterocycles. The quantitative estimate of drug-likeness (QED) is 0.726. The molecule has 2 rings (SSSR count). The molecule has 142 valence electrons. The maximum absolute atomic E-state index is 12.4. The first kappa shape index (κ1) is 19.9. The van der Waals surface area contributed by atoms with Gasteiger partial charge in [0.1, 0.15) is 10.6 Å². The number of nitrogens with one attached hydrogen (secondary N) is 2. The lowest BCUT2D eigenvalue weighted by atomic mass is 10.2. The van der Waals surface area contributed by atoms with Crippen molar-refractivity contribution in [3.63, 3.8) is 0 Å². The zero-order chi connectivity index (χ0) is 19.3. The number of benzene rings is 1. The van der Waals surface area contributed by atoms with Crippen LogP contribution < -0.4 is 14.4 Å². The van der Waals surface area contributed by atoms with Crippen LogP contribution in [0.5, 0.6) is 5.75 Å². The number of amides is 1. The average Bonchev–Trinajstić information content (AvgIpc) is 2.92. The van der Waals surface area contributed by atoms with E-state index in [2.05, 4.69) is 14.9 Å². The molecule has 0 bridgehead atoms. The Hall–Kier alpha value is -2.39. The third kappa shape index (κ3) is 4.61. The second-order valence-corrected chi connectivity index (χ2v) is 7.46. The van der Waals surface area contributed by atoms with Crippen LogP contribution >= 0.6 is 0 Å². The second kappa shape index (κ2) is 8.33. The average molecular weight is 380 g/mol. The van der Waals surface area contributed by atoms with Gasteiger partial charge in [0, 0.05) is 25.7 Å². The number of carbonyl (C=O) groups excluding carboxylic acids is 1. The van der Waals surface area contributed by atoms with Gasteiger partial charge in [-0.25, -0.2) is 13.1 Å². The summed E-state index contributed by atoms with van der Waals surface area (Å²) in [5.41, 5.74) is 1.56. The van der Waals surface area contributed by atoms with Crippen molar-refractivity contribution in [3.8, 4) is 5.75 Å². The Labute approximate surface area is 153 Å². The normalized spacial score (nSPS) is 11.4. The van der Waals surface area contributed by atoms with Crippen LogP contribution in [0.2, 0.25) is 0 Å². The number of aromatic nitrogens is 2. The largest absolute Gasteiger partial charge is 0.494 e. The monoisotopic (exact) mass is 380 g/mol. The van der Waals surface area contributed by atoms with Crippen LogP contribution in [0.4, 0.5) is 5.69 Å². The fraction of sp³-hybridized carbons (Fsp3) is 0.412. The summed E-state index contributed by atoms with van der Waals surface area (Å²) >= 11 is 0. The summed E-state index contributed by atoms with van der Waals surface area (Å²) in [6, 6.07) is 7.09. The highest BCUT2D eigenvalue weighted by Crippen LogP contribution is 2.20. The van der Waals surface area contributed by atoms with Crippen molar-refractivity contribution in [2.45, 2.75) is 32.6 Å². The first-order chi connectivity index (χ1) is 12.3. The van der Waals surface area contributed by atoms with Gasteiger partial charge in [-0.1, -0.05) is 0 Å². The van der Waals surface area contributed by atoms with Crippen molar-refractivity contribution in [2.24, 2.45) is 0 Å². The molecular formula is C17H24N4O4S. The number of carbonyl (C=O) groups is 1. The molecule has 8 nitrogen and oxygen atoms in total. The smallest absolute Gasteiger partial charge is 0.244 e. The van der Waals surface area contributed by atoms with E-state index in [-0.39, 0.29) is 23.9 Å². The van der Waals surface area contributed by atoms with Crippen LogP contribution in [-0.2, 0) is 14.8 Å². The molecule has 0 saturated carbocycles. The van der Waals surface area contributed by atoms with Crippen molar-refractivity contribution < 1.29 is 17.9 Å². The van der Waals surface area contributed by atoms with Gasteiger partial charge in [-0.15, -0.1) is 0 Å². The number of hydrogen-bond acceptors (Lipinski definition) is 5. The van der Waals surface area contributed by atoms with Crippen molar-refractivity contribution in [1.29, 1.82) is 0 Å². The number of ether oxygens (including phenoxy) is 1. The molecule has 2 N–H and O–H groups in total. The summed E-state index contributed by atoms with van der Waals surface area (Å²) < 4.78 is 32.8. The summed E-state index contributed by atoms with van der Waals surface area (Å²) in [4.78, 5) is 13.6. The molecule has 1 heterocycles. The number of anilines is 1. The number of nitrogens with zero attached hydrogens (tertiary/aromatic N) is 2. The number of aryl methyl sites for hydroxylation is 2. The number of rotatable bonds is 8. The SMILES string of the molecule is CCOc1ccc(N(CCNS(=O)(=O)c2c(C)n[nH]c2C)C(C)=O)cc1. The Kier molecular flexibility index (Phi) is 6.38. The highest BCUT2D eigenvalue weighted by molar-refractivity contribution is 7.89. The highest BCUT2D eigenvalue weighted by atomic mass is 32.2. The van der Waals surface area contributed by atoms with Gasteiger partial charge in [0.15, 0.2) is 0 Å². The summed E-state index contributed by atoms with van der Waals surface area (Å²) in [6.45, 7) is 7.46. The maximum atomic E-state index is 12.4. The zero-order valence-corrected chi connectivity index (χ0v) is 16.2. The van der Waals surface area contributed by atoms with Crippen LogP contribution in [0.3, 0.4) is 0 Å². The molecule has 1 aromatic carbocycles. The topological polar surface area (TPSA) is 104 Å². The molecule has 0 spiro atoms. The van der Waals surface area contributed by atoms with Crippen LogP contribution in [0.25, 0.3) is 0 Å². The molecule has 0 atom stereocenters. The molecule has 0 fully saturated rings. The van der Waals surface area contributed by atoms with Crippen LogP contribution in [-0.4, -0.2) is 44.2 Å². The Bertz CT molecular complexity index is 840. The molecule has 0 aliphatic heterocycles. The summed E-state index contributed by atoms with van der Waals surface area (Å²) in [6.07, 6.45) is 0. The van der Waals surface area contributed by atoms with E-state index < -0.39 is 10.0 Å². The molecule has 26 heavy (non-hydrogen) atoms. The van der Waals surface area contributed by atoms with Gasteiger partial charge >= 0.3 is 0 Å². The highest BCUT2D eigenvalue weighted by Gasteiger charge is 2.22. The number of sulfonamides is 1. The van der Waals surface area contributed by atoms with Gasteiger partial charge in [-0.2, -0.15) is 5.10 Å². The lowest BCUT2D eigenvalue weighted by Crippen LogP contribution is -2.37. The molecule has 2 aromatic rings. The van der Waals surface area contributed by atoms with Gasteiger partial charge in [-0.05, 0) is 45.0 Å². The third-order valence-corrected chi connectivity index (χ3v) is 5.52. The molecule has 9 heteroatoms. The Morgan fingerprint density at radius 2 is 1.92 bits per heavy atom. The fourth-order valence-corrected chi connectivity index (χ4v) is 4.05. The Morgan fingerprint density at radius 3 is 2.42 bits per heavy atom. The molecule has 0 unspecified atom stereocenters. The van der Waals surface area contributed by atoms with Crippen LogP contribution in [0, 0.1) is 13.8 Å². The lowest BCUT2D eigenvalue weighted by Gasteiger charge is -2.21. The fourth-order valence-electron chi connectivity index (χ4n) is 2.66. The minimum absolute atomic E-state index is 0.0825. The minimum Gasteiger partial charge on any atom is -0.494 e. The van der Waals surface area contributed by atoms with E-state index in [4.69, 9.17) is 4.74 Å². The maximum Gasteiger partial charge on any atom is 0.244 e. The Morgan fingerprint density at radius 1 is 1.27 bits per heavy atom. The van der Waals surface area contributed by atoms with Gasteiger partial charge in [0.2, 0.25) is 15.9 Å². The zero-order valence-electron chi connectivity index (χ0n) is 15.4. The van der Waals surface area contributed by atoms with E-state index in [0.29, 0.717) is 29.4 Å². The van der Waals surface area contributed by atoms with E-state index in [1.807, 2.05) is 6.92 Å². The summed E-state index contributed by atoms with van der Waals surface area (Å²) in [7, 11) is -3.70. The minimum atomic E-state index is -3.70. The van der Waals surface area contributed by atoms with Gasteiger partial charge in [-0.3, -0.25) is 9.89 Å². The third-order valence-electron chi connectivity index (χ3n) is 3.80. The van der Waals surface area contributed by atoms with E-state index in [1.54, 1.807) is 38.1 Å². The van der Waals surface area contributed by atoms with E-state index >= 15 is 0 Å². The number of hydrogen-bond donors (Lipinski definition) is 2. The van der Waals surface area contributed by atoms with E-state index in [9.17, 15) is 13.2 Å².